The van der Waals surface area contributed by atoms with E-state index in [9.17, 15) is 27.6 Å². The van der Waals surface area contributed by atoms with Crippen molar-refractivity contribution in [2.75, 3.05) is 0 Å². The maximum atomic E-state index is 14.8. The Balaban J connectivity index is 1.74. The zero-order chi connectivity index (χ0) is 25.4. The number of nitrogens with one attached hydrogen (secondary N) is 1. The molecule has 4 rings (SSSR count). The van der Waals surface area contributed by atoms with Gasteiger partial charge < -0.3 is 10.2 Å². The number of halogens is 3. The molecule has 184 valence electrons. The summed E-state index contributed by atoms with van der Waals surface area (Å²) in [5, 5.41) is 1.98. The third-order valence-corrected chi connectivity index (χ3v) is 6.42. The van der Waals surface area contributed by atoms with Gasteiger partial charge in [-0.05, 0) is 35.4 Å². The molecule has 1 N–H and O–H groups in total. The second-order valence-corrected chi connectivity index (χ2v) is 9.80. The molecule has 0 spiro atoms. The van der Waals surface area contributed by atoms with E-state index < -0.39 is 40.3 Å². The fourth-order valence-corrected chi connectivity index (χ4v) is 4.84. The van der Waals surface area contributed by atoms with Gasteiger partial charge in [0.15, 0.2) is 5.78 Å². The lowest BCUT2D eigenvalue weighted by Crippen LogP contribution is -2.66. The summed E-state index contributed by atoms with van der Waals surface area (Å²) >= 11 is 0. The van der Waals surface area contributed by atoms with Crippen molar-refractivity contribution in [2.24, 2.45) is 5.41 Å². The largest absolute Gasteiger partial charge is 0.425 e. The average molecular weight is 486 g/mol. The van der Waals surface area contributed by atoms with E-state index in [4.69, 9.17) is 0 Å². The standard InChI is InChI=1S/C26H26F3N3O3/c1-24(2)13-19-22(20(33)14-24)25(26(27,28)29,23(35)32(19)16-18-9-6-12-30-15-18)31-21(34)11-10-17-7-4-3-5-8-17/h3-9,12,15H,10-11,13-14,16H2,1-2H3,(H,31,34)/t25-/m1/s1. The van der Waals surface area contributed by atoms with E-state index in [1.54, 1.807) is 56.3 Å². The number of nitrogens with zero attached hydrogens (tertiary/aromatic N) is 2. The van der Waals surface area contributed by atoms with Crippen LogP contribution in [0.4, 0.5) is 13.2 Å². The fraction of sp³-hybridized carbons (Fsp3) is 0.385. The summed E-state index contributed by atoms with van der Waals surface area (Å²) in [6, 6.07) is 12.1. The molecular formula is C26H26F3N3O3. The first-order valence-corrected chi connectivity index (χ1v) is 11.3. The molecule has 0 unspecified atom stereocenters. The molecule has 1 atom stereocenters. The molecule has 6 nitrogen and oxygen atoms in total. The molecule has 35 heavy (non-hydrogen) atoms. The van der Waals surface area contributed by atoms with Gasteiger partial charge in [-0.3, -0.25) is 19.4 Å². The fourth-order valence-electron chi connectivity index (χ4n) is 4.84. The molecule has 2 heterocycles. The molecule has 0 bridgehead atoms. The summed E-state index contributed by atoms with van der Waals surface area (Å²) in [4.78, 5) is 44.5. The highest BCUT2D eigenvalue weighted by Gasteiger charge is 2.71. The van der Waals surface area contributed by atoms with Gasteiger partial charge in [-0.15, -0.1) is 0 Å². The van der Waals surface area contributed by atoms with E-state index >= 15 is 0 Å². The van der Waals surface area contributed by atoms with Crippen LogP contribution in [-0.4, -0.2) is 39.2 Å². The minimum atomic E-state index is -5.21. The van der Waals surface area contributed by atoms with Crippen LogP contribution >= 0.6 is 0 Å². The van der Waals surface area contributed by atoms with Gasteiger partial charge in [0, 0.05) is 30.9 Å². The van der Waals surface area contributed by atoms with Crippen molar-refractivity contribution in [3.63, 3.8) is 0 Å². The number of carbonyl (C=O) groups is 3. The third-order valence-electron chi connectivity index (χ3n) is 6.42. The van der Waals surface area contributed by atoms with Gasteiger partial charge in [0.1, 0.15) is 0 Å². The number of pyridine rings is 1. The first kappa shape index (κ1) is 24.6. The molecule has 0 fully saturated rings. The number of hydrogen-bond donors (Lipinski definition) is 1. The Kier molecular flexibility index (Phi) is 6.29. The monoisotopic (exact) mass is 485 g/mol. The number of Topliss-reactive ketones (excluding diaryl/α,β-unsaturated/α-hetero) is 1. The van der Waals surface area contributed by atoms with E-state index in [1.807, 2.05) is 5.32 Å². The van der Waals surface area contributed by atoms with Crippen LogP contribution in [0.25, 0.3) is 0 Å². The van der Waals surface area contributed by atoms with Crippen molar-refractivity contribution in [3.05, 3.63) is 77.3 Å². The topological polar surface area (TPSA) is 79.4 Å². The highest BCUT2D eigenvalue weighted by molar-refractivity contribution is 6.13. The van der Waals surface area contributed by atoms with Gasteiger partial charge in [-0.25, -0.2) is 0 Å². The predicted octanol–water partition coefficient (Wildman–Crippen LogP) is 4.12. The Morgan fingerprint density at radius 2 is 1.74 bits per heavy atom. The van der Waals surface area contributed by atoms with Crippen LogP contribution in [0.15, 0.2) is 66.1 Å². The van der Waals surface area contributed by atoms with Crippen LogP contribution in [-0.2, 0) is 27.3 Å². The molecular weight excluding hydrogens is 459 g/mol. The molecule has 1 aliphatic heterocycles. The Morgan fingerprint density at radius 1 is 1.06 bits per heavy atom. The highest BCUT2D eigenvalue weighted by Crippen LogP contribution is 2.52. The molecule has 0 radical (unpaired) electrons. The summed E-state index contributed by atoms with van der Waals surface area (Å²) in [6.07, 6.45) is -2.38. The Bertz CT molecular complexity index is 1180. The number of benzene rings is 1. The zero-order valence-electron chi connectivity index (χ0n) is 19.5. The smallest absolute Gasteiger partial charge is 0.330 e. The number of carbonyl (C=O) groups excluding carboxylic acids is 3. The van der Waals surface area contributed by atoms with Crippen molar-refractivity contribution in [3.8, 4) is 0 Å². The first-order chi connectivity index (χ1) is 16.4. The second kappa shape index (κ2) is 8.94. The van der Waals surface area contributed by atoms with E-state index in [0.717, 1.165) is 10.5 Å². The Morgan fingerprint density at radius 3 is 2.37 bits per heavy atom. The summed E-state index contributed by atoms with van der Waals surface area (Å²) in [5.41, 5.74) is -3.41. The number of ketones is 1. The predicted molar refractivity (Wildman–Crippen MR) is 122 cm³/mol. The van der Waals surface area contributed by atoms with Gasteiger partial charge in [0.2, 0.25) is 11.4 Å². The lowest BCUT2D eigenvalue weighted by atomic mass is 9.72. The van der Waals surface area contributed by atoms with Crippen LogP contribution < -0.4 is 5.32 Å². The number of alkyl halides is 3. The van der Waals surface area contributed by atoms with Crippen LogP contribution in [0.3, 0.4) is 0 Å². The minimum Gasteiger partial charge on any atom is -0.330 e. The van der Waals surface area contributed by atoms with Crippen LogP contribution in [0.1, 0.15) is 44.2 Å². The molecule has 2 aromatic rings. The van der Waals surface area contributed by atoms with Crippen molar-refractivity contribution in [1.82, 2.24) is 15.2 Å². The number of rotatable bonds is 6. The van der Waals surface area contributed by atoms with E-state index in [-0.39, 0.29) is 37.9 Å². The van der Waals surface area contributed by atoms with E-state index in [2.05, 4.69) is 4.98 Å². The quantitative estimate of drug-likeness (QED) is 0.668. The number of aryl methyl sites for hydroxylation is 1. The molecule has 1 aliphatic carbocycles. The molecule has 2 amide bonds. The Hall–Kier alpha value is -3.49. The van der Waals surface area contributed by atoms with Gasteiger partial charge in [-0.1, -0.05) is 50.2 Å². The number of aromatic nitrogens is 1. The minimum absolute atomic E-state index is 0.0146. The van der Waals surface area contributed by atoms with E-state index in [0.29, 0.717) is 5.56 Å². The normalized spacial score (nSPS) is 21.8. The van der Waals surface area contributed by atoms with Gasteiger partial charge in [0.25, 0.3) is 5.91 Å². The zero-order valence-corrected chi connectivity index (χ0v) is 19.5. The maximum absolute atomic E-state index is 14.8. The van der Waals surface area contributed by atoms with Gasteiger partial charge >= 0.3 is 6.18 Å². The third kappa shape index (κ3) is 4.59. The maximum Gasteiger partial charge on any atom is 0.425 e. The van der Waals surface area contributed by atoms with Crippen molar-refractivity contribution < 1.29 is 27.6 Å². The first-order valence-electron chi connectivity index (χ1n) is 11.3. The van der Waals surface area contributed by atoms with Crippen LogP contribution in [0.5, 0.6) is 0 Å². The van der Waals surface area contributed by atoms with Gasteiger partial charge in [0.05, 0.1) is 12.1 Å². The van der Waals surface area contributed by atoms with Crippen molar-refractivity contribution in [2.45, 2.75) is 57.8 Å². The molecule has 0 saturated heterocycles. The molecule has 2 aliphatic rings. The van der Waals surface area contributed by atoms with Crippen LogP contribution in [0.2, 0.25) is 0 Å². The summed E-state index contributed by atoms with van der Waals surface area (Å²) in [6.45, 7) is 3.35. The Labute approximate surface area is 201 Å². The number of amides is 2. The molecule has 9 heteroatoms. The molecule has 1 aromatic heterocycles. The molecule has 1 aromatic carbocycles. The van der Waals surface area contributed by atoms with Crippen molar-refractivity contribution in [1.29, 1.82) is 0 Å². The average Bonchev–Trinajstić information content (AvgIpc) is 3.01. The van der Waals surface area contributed by atoms with Crippen LogP contribution in [0, 0.1) is 5.41 Å². The number of hydrogen-bond acceptors (Lipinski definition) is 4. The molecule has 0 saturated carbocycles. The highest BCUT2D eigenvalue weighted by atomic mass is 19.4. The number of allylic oxidation sites excluding steroid dienone is 1. The summed E-state index contributed by atoms with van der Waals surface area (Å²) < 4.78 is 44.3. The lowest BCUT2D eigenvalue weighted by molar-refractivity contribution is -0.194. The second-order valence-electron chi connectivity index (χ2n) is 9.80. The van der Waals surface area contributed by atoms with Crippen molar-refractivity contribution >= 4 is 17.6 Å². The lowest BCUT2D eigenvalue weighted by Gasteiger charge is -2.35. The van der Waals surface area contributed by atoms with E-state index in [1.165, 1.54) is 12.4 Å². The SMILES string of the molecule is CC1(C)CC(=O)C2=C(C1)N(Cc1cccnc1)C(=O)[C@@]2(NC(=O)CCc1ccccc1)C(F)(F)F. The summed E-state index contributed by atoms with van der Waals surface area (Å²) in [7, 11) is 0. The van der Waals surface area contributed by atoms with Gasteiger partial charge in [-0.2, -0.15) is 13.2 Å². The summed E-state index contributed by atoms with van der Waals surface area (Å²) in [5.74, 6) is -3.09.